The lowest BCUT2D eigenvalue weighted by molar-refractivity contribution is 0.0832. The van der Waals surface area contributed by atoms with Gasteiger partial charge in [0.05, 0.1) is 34.9 Å². The van der Waals surface area contributed by atoms with Crippen molar-refractivity contribution in [2.45, 2.75) is 12.5 Å². The van der Waals surface area contributed by atoms with E-state index < -0.39 is 6.10 Å². The molecule has 7 nitrogen and oxygen atoms in total. The van der Waals surface area contributed by atoms with E-state index in [4.69, 9.17) is 23.7 Å². The number of methoxy groups -OCH3 is 4. The van der Waals surface area contributed by atoms with Crippen molar-refractivity contribution in [3.63, 3.8) is 0 Å². The predicted molar refractivity (Wildman–Crippen MR) is 93.1 cm³/mol. The van der Waals surface area contributed by atoms with E-state index in [0.717, 1.165) is 0 Å². The highest BCUT2D eigenvalue weighted by Crippen LogP contribution is 2.50. The highest BCUT2D eigenvalue weighted by Gasteiger charge is 2.36. The van der Waals surface area contributed by atoms with Gasteiger partial charge in [0.15, 0.2) is 17.3 Å². The van der Waals surface area contributed by atoms with Gasteiger partial charge in [-0.3, -0.25) is 4.79 Å². The minimum absolute atomic E-state index is 0.0412. The van der Waals surface area contributed by atoms with Crippen molar-refractivity contribution in [2.75, 3.05) is 28.4 Å². The fourth-order valence-corrected chi connectivity index (χ4v) is 3.05. The van der Waals surface area contributed by atoms with Crippen LogP contribution in [0.2, 0.25) is 0 Å². The van der Waals surface area contributed by atoms with Crippen molar-refractivity contribution >= 4 is 5.78 Å². The molecular weight excluding hydrogens is 340 g/mol. The Balaban J connectivity index is 2.13. The van der Waals surface area contributed by atoms with E-state index in [1.54, 1.807) is 32.4 Å². The molecule has 0 saturated carbocycles. The summed E-state index contributed by atoms with van der Waals surface area (Å²) in [6.45, 7) is 0. The van der Waals surface area contributed by atoms with Crippen LogP contribution >= 0.6 is 0 Å². The van der Waals surface area contributed by atoms with Gasteiger partial charge in [0.1, 0.15) is 28.9 Å². The van der Waals surface area contributed by atoms with Gasteiger partial charge >= 0.3 is 0 Å². The van der Waals surface area contributed by atoms with Crippen LogP contribution < -0.4 is 23.7 Å². The molecule has 138 valence electrons. The molecule has 1 heterocycles. The lowest BCUT2D eigenvalue weighted by atomic mass is 9.94. The summed E-state index contributed by atoms with van der Waals surface area (Å²) in [7, 11) is 5.98. The second-order valence-electron chi connectivity index (χ2n) is 5.68. The maximum Gasteiger partial charge on any atom is 0.204 e. The zero-order chi connectivity index (χ0) is 18.8. The molecule has 1 aliphatic rings. The first-order valence-electron chi connectivity index (χ1n) is 7.93. The molecule has 1 N–H and O–H groups in total. The van der Waals surface area contributed by atoms with Crippen LogP contribution in [-0.4, -0.2) is 39.3 Å². The maximum atomic E-state index is 12.7. The zero-order valence-corrected chi connectivity index (χ0v) is 15.0. The minimum atomic E-state index is -0.625. The highest BCUT2D eigenvalue weighted by molar-refractivity contribution is 6.04. The van der Waals surface area contributed by atoms with Gasteiger partial charge in [-0.25, -0.2) is 0 Å². The third-order valence-corrected chi connectivity index (χ3v) is 4.30. The molecule has 0 amide bonds. The number of Topliss-reactive ketones (excluding diaryl/α,β-unsaturated/α-hetero) is 1. The fraction of sp³-hybridized carbons (Fsp3) is 0.316. The molecular formula is C19H20O7. The summed E-state index contributed by atoms with van der Waals surface area (Å²) in [5, 5.41) is 10.2. The molecule has 0 spiro atoms. The summed E-state index contributed by atoms with van der Waals surface area (Å²) in [6.07, 6.45) is -0.583. The first kappa shape index (κ1) is 17.7. The summed E-state index contributed by atoms with van der Waals surface area (Å²) in [6, 6.07) is 6.60. The number of hydrogen-bond acceptors (Lipinski definition) is 7. The van der Waals surface area contributed by atoms with Gasteiger partial charge in [-0.2, -0.15) is 0 Å². The van der Waals surface area contributed by atoms with Gasteiger partial charge in [-0.05, 0) is 18.2 Å². The predicted octanol–water partition coefficient (Wildman–Crippen LogP) is 3.13. The number of ketones is 1. The van der Waals surface area contributed by atoms with Crippen LogP contribution in [0.3, 0.4) is 0 Å². The molecule has 1 aliphatic heterocycles. The third-order valence-electron chi connectivity index (χ3n) is 4.30. The van der Waals surface area contributed by atoms with E-state index in [1.165, 1.54) is 20.3 Å². The number of aromatic hydroxyl groups is 1. The lowest BCUT2D eigenvalue weighted by Gasteiger charge is -2.29. The molecule has 0 aliphatic carbocycles. The van der Waals surface area contributed by atoms with Crippen molar-refractivity contribution in [3.8, 4) is 34.5 Å². The minimum Gasteiger partial charge on any atom is -0.507 e. The number of ether oxygens (including phenoxy) is 5. The molecule has 0 aromatic heterocycles. The third kappa shape index (κ3) is 2.85. The topological polar surface area (TPSA) is 83.5 Å². The number of phenols is 1. The van der Waals surface area contributed by atoms with Gasteiger partial charge in [0.25, 0.3) is 0 Å². The lowest BCUT2D eigenvalue weighted by Crippen LogP contribution is -2.22. The Labute approximate surface area is 151 Å². The monoisotopic (exact) mass is 360 g/mol. The van der Waals surface area contributed by atoms with Crippen molar-refractivity contribution in [3.05, 3.63) is 35.4 Å². The van der Waals surface area contributed by atoms with Crippen LogP contribution in [0, 0.1) is 0 Å². The number of fused-ring (bicyclic) bond motifs is 1. The van der Waals surface area contributed by atoms with Crippen LogP contribution in [0.15, 0.2) is 24.3 Å². The summed E-state index contributed by atoms with van der Waals surface area (Å²) in [5.41, 5.74) is 0.746. The van der Waals surface area contributed by atoms with Crippen molar-refractivity contribution in [2.24, 2.45) is 0 Å². The van der Waals surface area contributed by atoms with Gasteiger partial charge in [-0.1, -0.05) is 0 Å². The van der Waals surface area contributed by atoms with Gasteiger partial charge in [0, 0.05) is 11.6 Å². The molecule has 3 rings (SSSR count). The van der Waals surface area contributed by atoms with Crippen LogP contribution in [0.5, 0.6) is 34.5 Å². The largest absolute Gasteiger partial charge is 0.507 e. The van der Waals surface area contributed by atoms with Crippen molar-refractivity contribution in [1.29, 1.82) is 0 Å². The summed E-state index contributed by atoms with van der Waals surface area (Å²) in [4.78, 5) is 12.7. The highest BCUT2D eigenvalue weighted by atomic mass is 16.5. The average Bonchev–Trinajstić information content (AvgIpc) is 2.66. The van der Waals surface area contributed by atoms with E-state index in [-0.39, 0.29) is 40.8 Å². The summed E-state index contributed by atoms with van der Waals surface area (Å²) in [5.74, 6) is 1.38. The van der Waals surface area contributed by atoms with E-state index in [9.17, 15) is 9.90 Å². The fourth-order valence-electron chi connectivity index (χ4n) is 3.05. The van der Waals surface area contributed by atoms with Gasteiger partial charge in [-0.15, -0.1) is 0 Å². The van der Waals surface area contributed by atoms with E-state index in [0.29, 0.717) is 17.1 Å². The maximum absolute atomic E-state index is 12.7. The number of rotatable bonds is 5. The van der Waals surface area contributed by atoms with Crippen molar-refractivity contribution < 1.29 is 33.6 Å². The number of carbonyl (C=O) groups excluding carboxylic acids is 1. The first-order chi connectivity index (χ1) is 12.5. The van der Waals surface area contributed by atoms with Crippen LogP contribution in [0.1, 0.15) is 28.4 Å². The smallest absolute Gasteiger partial charge is 0.204 e. The summed E-state index contributed by atoms with van der Waals surface area (Å²) < 4.78 is 27.3. The van der Waals surface area contributed by atoms with Crippen LogP contribution in [0.25, 0.3) is 0 Å². The second-order valence-corrected chi connectivity index (χ2v) is 5.68. The molecule has 2 aromatic carbocycles. The molecule has 0 radical (unpaired) electrons. The molecule has 2 aromatic rings. The molecule has 0 bridgehead atoms. The normalized spacial score (nSPS) is 15.7. The van der Waals surface area contributed by atoms with E-state index >= 15 is 0 Å². The molecule has 26 heavy (non-hydrogen) atoms. The standard InChI is InChI=1S/C19H20O7/c1-22-10-5-6-14(23-2)11(7-10)15-8-12(20)17-13(21)9-16(24-3)18(25-4)19(17)26-15/h5-7,9,15,21H,8H2,1-4H3/t15-/m1/s1. The van der Waals surface area contributed by atoms with Crippen molar-refractivity contribution in [1.82, 2.24) is 0 Å². The Morgan fingerprint density at radius 2 is 1.73 bits per heavy atom. The van der Waals surface area contributed by atoms with Gasteiger partial charge in [0.2, 0.25) is 5.75 Å². The molecule has 1 atom stereocenters. The van der Waals surface area contributed by atoms with E-state index in [2.05, 4.69) is 0 Å². The molecule has 0 saturated heterocycles. The average molecular weight is 360 g/mol. The molecule has 0 unspecified atom stereocenters. The molecule has 0 fully saturated rings. The number of hydrogen-bond donors (Lipinski definition) is 1. The first-order valence-corrected chi connectivity index (χ1v) is 7.93. The number of phenolic OH excluding ortho intramolecular Hbond substituents is 1. The number of carbonyl (C=O) groups is 1. The number of benzene rings is 2. The zero-order valence-electron chi connectivity index (χ0n) is 15.0. The Hall–Kier alpha value is -3.09. The Morgan fingerprint density at radius 1 is 1.00 bits per heavy atom. The second kappa shape index (κ2) is 7.03. The summed E-state index contributed by atoms with van der Waals surface area (Å²) >= 11 is 0. The van der Waals surface area contributed by atoms with Crippen LogP contribution in [0.4, 0.5) is 0 Å². The quantitative estimate of drug-likeness (QED) is 0.877. The molecule has 7 heteroatoms. The van der Waals surface area contributed by atoms with Gasteiger partial charge < -0.3 is 28.8 Å². The van der Waals surface area contributed by atoms with Crippen LogP contribution in [-0.2, 0) is 0 Å². The Bertz CT molecular complexity index is 844. The Kier molecular flexibility index (Phi) is 4.79. The SMILES string of the molecule is COc1ccc(OC)c([C@H]2CC(=O)c3c(O)cc(OC)c(OC)c3O2)c1. The Morgan fingerprint density at radius 3 is 2.35 bits per heavy atom. The van der Waals surface area contributed by atoms with E-state index in [1.807, 2.05) is 0 Å².